The monoisotopic (exact) mass is 296 g/mol. The first kappa shape index (κ1) is 14.8. The maximum absolute atomic E-state index is 12.0. The van der Waals surface area contributed by atoms with E-state index in [1.807, 2.05) is 20.8 Å². The topological polar surface area (TPSA) is 65.5 Å². The summed E-state index contributed by atoms with van der Waals surface area (Å²) in [6.07, 6.45) is 0. The number of likely N-dealkylation sites (N-methyl/N-ethyl adjacent to an activating group) is 1. The smallest absolute Gasteiger partial charge is 0.320 e. The molecule has 3 amide bonds. The summed E-state index contributed by atoms with van der Waals surface area (Å²) in [5.74, 6) is -0.147. The first-order chi connectivity index (χ1) is 9.38. The largest absolute Gasteiger partial charge is 0.346 e. The van der Waals surface area contributed by atoms with E-state index in [-0.39, 0.29) is 24.5 Å². The zero-order chi connectivity index (χ0) is 14.9. The van der Waals surface area contributed by atoms with Gasteiger partial charge in [-0.1, -0.05) is 0 Å². The van der Waals surface area contributed by atoms with Gasteiger partial charge in [0.05, 0.1) is 16.7 Å². The maximum Gasteiger partial charge on any atom is 0.320 e. The summed E-state index contributed by atoms with van der Waals surface area (Å²) in [5.41, 5.74) is 0.908. The van der Waals surface area contributed by atoms with Crippen molar-refractivity contribution in [3.05, 3.63) is 15.6 Å². The standard InChI is InChI=1S/C13H20N4O2S/c1-8(12-9(2)20-10(3)15-12)14-11(18)7-17-6-5-16(4)13(17)19/h8H,5-7H2,1-4H3,(H,14,18). The van der Waals surface area contributed by atoms with Crippen molar-refractivity contribution in [1.82, 2.24) is 20.1 Å². The number of thiazole rings is 1. The molecule has 1 atom stereocenters. The molecular weight excluding hydrogens is 276 g/mol. The molecule has 1 aliphatic rings. The number of urea groups is 1. The van der Waals surface area contributed by atoms with Gasteiger partial charge in [0.25, 0.3) is 0 Å². The molecule has 6 nitrogen and oxygen atoms in total. The summed E-state index contributed by atoms with van der Waals surface area (Å²) in [4.78, 5) is 32.4. The molecule has 1 saturated heterocycles. The van der Waals surface area contributed by atoms with Crippen molar-refractivity contribution in [2.45, 2.75) is 26.8 Å². The second-order valence-electron chi connectivity index (χ2n) is 5.09. The van der Waals surface area contributed by atoms with Crippen molar-refractivity contribution in [3.8, 4) is 0 Å². The zero-order valence-corrected chi connectivity index (χ0v) is 13.1. The fourth-order valence-corrected chi connectivity index (χ4v) is 3.24. The van der Waals surface area contributed by atoms with Crippen LogP contribution in [0.4, 0.5) is 4.79 Å². The Morgan fingerprint density at radius 3 is 2.65 bits per heavy atom. The Bertz CT molecular complexity index is 528. The van der Waals surface area contributed by atoms with Crippen LogP contribution >= 0.6 is 11.3 Å². The highest BCUT2D eigenvalue weighted by Crippen LogP contribution is 2.22. The lowest BCUT2D eigenvalue weighted by Gasteiger charge is -2.18. The molecule has 0 aliphatic carbocycles. The molecule has 0 bridgehead atoms. The van der Waals surface area contributed by atoms with E-state index in [1.165, 1.54) is 0 Å². The highest BCUT2D eigenvalue weighted by atomic mass is 32.1. The highest BCUT2D eigenvalue weighted by Gasteiger charge is 2.27. The van der Waals surface area contributed by atoms with E-state index in [9.17, 15) is 9.59 Å². The number of aromatic nitrogens is 1. The van der Waals surface area contributed by atoms with E-state index in [4.69, 9.17) is 0 Å². The summed E-state index contributed by atoms with van der Waals surface area (Å²) in [6.45, 7) is 7.25. The van der Waals surface area contributed by atoms with Crippen LogP contribution in [-0.4, -0.2) is 53.4 Å². The first-order valence-electron chi connectivity index (χ1n) is 6.62. The van der Waals surface area contributed by atoms with Crippen molar-refractivity contribution in [2.24, 2.45) is 0 Å². The zero-order valence-electron chi connectivity index (χ0n) is 12.3. The lowest BCUT2D eigenvalue weighted by atomic mass is 10.2. The average Bonchev–Trinajstić information content (AvgIpc) is 2.85. The number of rotatable bonds is 4. The minimum absolute atomic E-state index is 0.0894. The summed E-state index contributed by atoms with van der Waals surface area (Å²) < 4.78 is 0. The Morgan fingerprint density at radius 1 is 1.45 bits per heavy atom. The predicted molar refractivity (Wildman–Crippen MR) is 77.7 cm³/mol. The predicted octanol–water partition coefficient (Wildman–Crippen LogP) is 1.30. The van der Waals surface area contributed by atoms with Gasteiger partial charge >= 0.3 is 6.03 Å². The minimum atomic E-state index is -0.147. The van der Waals surface area contributed by atoms with Crippen LogP contribution in [0.25, 0.3) is 0 Å². The van der Waals surface area contributed by atoms with E-state index in [1.54, 1.807) is 28.2 Å². The van der Waals surface area contributed by atoms with Crippen LogP contribution in [0.15, 0.2) is 0 Å². The van der Waals surface area contributed by atoms with Crippen molar-refractivity contribution in [1.29, 1.82) is 0 Å². The van der Waals surface area contributed by atoms with Gasteiger partial charge in [0.15, 0.2) is 0 Å². The summed E-state index contributed by atoms with van der Waals surface area (Å²) in [5, 5.41) is 3.90. The van der Waals surface area contributed by atoms with Gasteiger partial charge in [0.1, 0.15) is 6.54 Å². The summed E-state index contributed by atoms with van der Waals surface area (Å²) in [7, 11) is 1.74. The number of aryl methyl sites for hydroxylation is 2. The lowest BCUT2D eigenvalue weighted by Crippen LogP contribution is -2.40. The molecule has 2 rings (SSSR count). The average molecular weight is 296 g/mol. The molecule has 0 saturated carbocycles. The molecular formula is C13H20N4O2S. The third kappa shape index (κ3) is 3.09. The van der Waals surface area contributed by atoms with Crippen LogP contribution in [0.2, 0.25) is 0 Å². The van der Waals surface area contributed by atoms with Crippen LogP contribution < -0.4 is 5.32 Å². The van der Waals surface area contributed by atoms with Gasteiger partial charge in [-0.2, -0.15) is 0 Å². The van der Waals surface area contributed by atoms with Gasteiger partial charge in [0, 0.05) is 25.0 Å². The Hall–Kier alpha value is -1.63. The maximum atomic E-state index is 12.0. The van der Waals surface area contributed by atoms with Gasteiger partial charge in [-0.25, -0.2) is 9.78 Å². The molecule has 0 radical (unpaired) electrons. The second kappa shape index (κ2) is 5.78. The molecule has 2 heterocycles. The second-order valence-corrected chi connectivity index (χ2v) is 6.50. The molecule has 110 valence electrons. The van der Waals surface area contributed by atoms with Gasteiger partial charge in [-0.15, -0.1) is 11.3 Å². The Morgan fingerprint density at radius 2 is 2.15 bits per heavy atom. The number of nitrogens with one attached hydrogen (secondary N) is 1. The number of hydrogen-bond acceptors (Lipinski definition) is 4. The molecule has 1 aliphatic heterocycles. The molecule has 0 spiro atoms. The fraction of sp³-hybridized carbons (Fsp3) is 0.615. The number of carbonyl (C=O) groups is 2. The van der Waals surface area contributed by atoms with Gasteiger partial charge in [-0.05, 0) is 20.8 Å². The van der Waals surface area contributed by atoms with Crippen molar-refractivity contribution >= 4 is 23.3 Å². The lowest BCUT2D eigenvalue weighted by molar-refractivity contribution is -0.122. The van der Waals surface area contributed by atoms with Crippen LogP contribution in [-0.2, 0) is 4.79 Å². The Balaban J connectivity index is 1.91. The van der Waals surface area contributed by atoms with Crippen molar-refractivity contribution < 1.29 is 9.59 Å². The first-order valence-corrected chi connectivity index (χ1v) is 7.43. The van der Waals surface area contributed by atoms with E-state index < -0.39 is 0 Å². The van der Waals surface area contributed by atoms with Crippen LogP contribution in [0, 0.1) is 13.8 Å². The van der Waals surface area contributed by atoms with Gasteiger partial charge in [0.2, 0.25) is 5.91 Å². The van der Waals surface area contributed by atoms with E-state index in [2.05, 4.69) is 10.3 Å². The number of nitrogens with zero attached hydrogens (tertiary/aromatic N) is 3. The summed E-state index contributed by atoms with van der Waals surface area (Å²) >= 11 is 1.62. The SMILES string of the molecule is Cc1nc(C(C)NC(=O)CN2CCN(C)C2=O)c(C)s1. The van der Waals surface area contributed by atoms with Crippen molar-refractivity contribution in [2.75, 3.05) is 26.7 Å². The molecule has 1 aromatic heterocycles. The number of carbonyl (C=O) groups excluding carboxylic acids is 2. The molecule has 1 N–H and O–H groups in total. The normalized spacial score (nSPS) is 16.7. The van der Waals surface area contributed by atoms with E-state index in [0.717, 1.165) is 15.6 Å². The number of amides is 3. The third-order valence-corrected chi connectivity index (χ3v) is 4.27. The molecule has 0 aromatic carbocycles. The quantitative estimate of drug-likeness (QED) is 0.911. The molecule has 20 heavy (non-hydrogen) atoms. The molecule has 7 heteroatoms. The van der Waals surface area contributed by atoms with Crippen LogP contribution in [0.1, 0.15) is 28.5 Å². The Kier molecular flexibility index (Phi) is 4.27. The van der Waals surface area contributed by atoms with Gasteiger partial charge < -0.3 is 15.1 Å². The minimum Gasteiger partial charge on any atom is -0.346 e. The molecule has 1 unspecified atom stereocenters. The summed E-state index contributed by atoms with van der Waals surface area (Å²) in [6, 6.07) is -0.226. The van der Waals surface area contributed by atoms with E-state index in [0.29, 0.717) is 13.1 Å². The highest BCUT2D eigenvalue weighted by molar-refractivity contribution is 7.11. The Labute approximate surface area is 122 Å². The van der Waals surface area contributed by atoms with Crippen LogP contribution in [0.3, 0.4) is 0 Å². The number of hydrogen-bond donors (Lipinski definition) is 1. The van der Waals surface area contributed by atoms with E-state index >= 15 is 0 Å². The van der Waals surface area contributed by atoms with Crippen LogP contribution in [0.5, 0.6) is 0 Å². The molecule has 1 fully saturated rings. The fourth-order valence-electron chi connectivity index (χ4n) is 2.33. The van der Waals surface area contributed by atoms with Crippen molar-refractivity contribution in [3.63, 3.8) is 0 Å². The van der Waals surface area contributed by atoms with Gasteiger partial charge in [-0.3, -0.25) is 4.79 Å². The third-order valence-electron chi connectivity index (χ3n) is 3.36. The molecule has 1 aromatic rings.